The van der Waals surface area contributed by atoms with E-state index in [1.54, 1.807) is 18.7 Å². The van der Waals surface area contributed by atoms with Crippen LogP contribution in [-0.4, -0.2) is 20.9 Å². The lowest BCUT2D eigenvalue weighted by Crippen LogP contribution is -2.20. The number of nitrogens with zero attached hydrogens (tertiary/aromatic N) is 3. The quantitative estimate of drug-likeness (QED) is 0.893. The first-order chi connectivity index (χ1) is 9.08. The maximum atomic E-state index is 11.4. The number of aromatic nitrogens is 2. The van der Waals surface area contributed by atoms with Crippen LogP contribution in [0.4, 0.5) is 5.82 Å². The monoisotopic (exact) mass is 257 g/mol. The average molecular weight is 257 g/mol. The van der Waals surface area contributed by atoms with Gasteiger partial charge in [0.25, 0.3) is 0 Å². The first-order valence-electron chi connectivity index (χ1n) is 6.16. The first-order valence-corrected chi connectivity index (χ1v) is 6.16. The van der Waals surface area contributed by atoms with Gasteiger partial charge in [-0.25, -0.2) is 4.79 Å². The van der Waals surface area contributed by atoms with E-state index in [2.05, 4.69) is 22.1 Å². The zero-order chi connectivity index (χ0) is 13.6. The van der Waals surface area contributed by atoms with Crippen molar-refractivity contribution in [2.45, 2.75) is 20.0 Å². The number of aromatic carboxylic acids is 1. The highest BCUT2D eigenvalue weighted by atomic mass is 16.4. The molecular weight excluding hydrogens is 242 g/mol. The van der Waals surface area contributed by atoms with Crippen LogP contribution in [0.1, 0.15) is 27.2 Å². The summed E-state index contributed by atoms with van der Waals surface area (Å²) >= 11 is 0. The molecule has 1 aromatic heterocycles. The van der Waals surface area contributed by atoms with Crippen LogP contribution in [-0.2, 0) is 20.1 Å². The Bertz CT molecular complexity index is 636. The second-order valence-electron chi connectivity index (χ2n) is 4.84. The smallest absolute Gasteiger partial charge is 0.341 e. The van der Waals surface area contributed by atoms with E-state index in [9.17, 15) is 9.90 Å². The third kappa shape index (κ3) is 1.78. The van der Waals surface area contributed by atoms with Crippen molar-refractivity contribution in [2.24, 2.45) is 7.05 Å². The van der Waals surface area contributed by atoms with E-state index in [1.165, 1.54) is 11.1 Å². The third-order valence-electron chi connectivity index (χ3n) is 3.55. The highest BCUT2D eigenvalue weighted by Gasteiger charge is 2.28. The fourth-order valence-corrected chi connectivity index (χ4v) is 2.74. The van der Waals surface area contributed by atoms with Gasteiger partial charge in [-0.05, 0) is 18.1 Å². The van der Waals surface area contributed by atoms with Gasteiger partial charge in [-0.3, -0.25) is 4.68 Å². The van der Waals surface area contributed by atoms with Crippen LogP contribution in [0.25, 0.3) is 0 Å². The summed E-state index contributed by atoms with van der Waals surface area (Å²) in [5.74, 6) is -0.238. The van der Waals surface area contributed by atoms with Crippen molar-refractivity contribution in [3.63, 3.8) is 0 Å². The van der Waals surface area contributed by atoms with Gasteiger partial charge in [-0.1, -0.05) is 24.3 Å². The van der Waals surface area contributed by atoms with Crippen molar-refractivity contribution in [1.29, 1.82) is 0 Å². The number of aryl methyl sites for hydroxylation is 2. The SMILES string of the molecule is Cc1nn(C)c(N2Cc3ccccc3C2)c1C(=O)O. The minimum atomic E-state index is -0.920. The molecule has 0 fully saturated rings. The van der Waals surface area contributed by atoms with E-state index in [4.69, 9.17) is 0 Å². The van der Waals surface area contributed by atoms with Gasteiger partial charge in [0.05, 0.1) is 5.69 Å². The molecule has 1 N–H and O–H groups in total. The summed E-state index contributed by atoms with van der Waals surface area (Å²) in [5.41, 5.74) is 3.35. The Labute approximate surface area is 111 Å². The normalized spacial score (nSPS) is 13.7. The molecule has 1 aromatic carbocycles. The van der Waals surface area contributed by atoms with Gasteiger partial charge in [-0.2, -0.15) is 5.10 Å². The summed E-state index contributed by atoms with van der Waals surface area (Å²) in [4.78, 5) is 13.5. The molecule has 1 aliphatic rings. The van der Waals surface area contributed by atoms with Crippen molar-refractivity contribution in [3.05, 3.63) is 46.6 Å². The fraction of sp³-hybridized carbons (Fsp3) is 0.286. The van der Waals surface area contributed by atoms with E-state index in [-0.39, 0.29) is 0 Å². The maximum absolute atomic E-state index is 11.4. The fourth-order valence-electron chi connectivity index (χ4n) is 2.74. The zero-order valence-electron chi connectivity index (χ0n) is 10.9. The number of anilines is 1. The third-order valence-corrected chi connectivity index (χ3v) is 3.55. The van der Waals surface area contributed by atoms with E-state index in [0.717, 1.165) is 13.1 Å². The number of fused-ring (bicyclic) bond motifs is 1. The van der Waals surface area contributed by atoms with Gasteiger partial charge >= 0.3 is 5.97 Å². The molecule has 3 rings (SSSR count). The molecule has 0 saturated carbocycles. The van der Waals surface area contributed by atoms with Crippen LogP contribution in [0.2, 0.25) is 0 Å². The van der Waals surface area contributed by atoms with Crippen molar-refractivity contribution in [3.8, 4) is 0 Å². The Morgan fingerprint density at radius 1 is 1.26 bits per heavy atom. The highest BCUT2D eigenvalue weighted by Crippen LogP contribution is 2.31. The minimum absolute atomic E-state index is 0.301. The number of rotatable bonds is 2. The molecule has 0 spiro atoms. The second kappa shape index (κ2) is 4.12. The predicted molar refractivity (Wildman–Crippen MR) is 71.2 cm³/mol. The summed E-state index contributed by atoms with van der Waals surface area (Å²) in [5, 5.41) is 13.6. The molecule has 1 aliphatic heterocycles. The van der Waals surface area contributed by atoms with Gasteiger partial charge in [0, 0.05) is 20.1 Å². The van der Waals surface area contributed by atoms with Crippen molar-refractivity contribution >= 4 is 11.8 Å². The Kier molecular flexibility index (Phi) is 2.55. The second-order valence-corrected chi connectivity index (χ2v) is 4.84. The lowest BCUT2D eigenvalue weighted by Gasteiger charge is -2.18. The topological polar surface area (TPSA) is 58.4 Å². The lowest BCUT2D eigenvalue weighted by molar-refractivity contribution is 0.0696. The molecule has 0 radical (unpaired) electrons. The summed E-state index contributed by atoms with van der Waals surface area (Å²) in [6.45, 7) is 3.20. The number of carboxylic acids is 1. The molecule has 2 aromatic rings. The van der Waals surface area contributed by atoms with Gasteiger partial charge in [0.15, 0.2) is 0 Å². The molecule has 2 heterocycles. The Hall–Kier alpha value is -2.30. The Morgan fingerprint density at radius 2 is 1.84 bits per heavy atom. The van der Waals surface area contributed by atoms with Crippen molar-refractivity contribution in [1.82, 2.24) is 9.78 Å². The van der Waals surface area contributed by atoms with E-state index in [1.807, 2.05) is 12.1 Å². The summed E-state index contributed by atoms with van der Waals surface area (Å²) < 4.78 is 1.66. The molecule has 0 aliphatic carbocycles. The molecule has 0 saturated heterocycles. The highest BCUT2D eigenvalue weighted by molar-refractivity contribution is 5.95. The number of hydrogen-bond acceptors (Lipinski definition) is 3. The van der Waals surface area contributed by atoms with Crippen LogP contribution in [0, 0.1) is 6.92 Å². The molecular formula is C14H15N3O2. The Balaban J connectivity index is 2.04. The molecule has 0 bridgehead atoms. The lowest BCUT2D eigenvalue weighted by atomic mass is 10.1. The van der Waals surface area contributed by atoms with Gasteiger partial charge in [0.1, 0.15) is 11.4 Å². The van der Waals surface area contributed by atoms with E-state index >= 15 is 0 Å². The largest absolute Gasteiger partial charge is 0.477 e. The maximum Gasteiger partial charge on any atom is 0.341 e. The van der Waals surface area contributed by atoms with Crippen LogP contribution < -0.4 is 4.90 Å². The molecule has 5 nitrogen and oxygen atoms in total. The standard InChI is InChI=1S/C14H15N3O2/c1-9-12(14(18)19)13(16(2)15-9)17-7-10-5-3-4-6-11(10)8-17/h3-6H,7-8H2,1-2H3,(H,18,19). The van der Waals surface area contributed by atoms with E-state index < -0.39 is 5.97 Å². The average Bonchev–Trinajstić information content (AvgIpc) is 2.88. The Morgan fingerprint density at radius 3 is 2.37 bits per heavy atom. The molecule has 19 heavy (non-hydrogen) atoms. The molecule has 98 valence electrons. The van der Waals surface area contributed by atoms with Gasteiger partial charge < -0.3 is 10.0 Å². The van der Waals surface area contributed by atoms with Crippen LogP contribution in [0.5, 0.6) is 0 Å². The first kappa shape index (κ1) is 11.8. The van der Waals surface area contributed by atoms with Crippen LogP contribution >= 0.6 is 0 Å². The van der Waals surface area contributed by atoms with Crippen molar-refractivity contribution < 1.29 is 9.90 Å². The summed E-state index contributed by atoms with van der Waals surface area (Å²) in [6, 6.07) is 8.18. The summed E-state index contributed by atoms with van der Waals surface area (Å²) in [6.07, 6.45) is 0. The molecule has 5 heteroatoms. The number of carbonyl (C=O) groups is 1. The minimum Gasteiger partial charge on any atom is -0.477 e. The summed E-state index contributed by atoms with van der Waals surface area (Å²) in [7, 11) is 1.79. The van der Waals surface area contributed by atoms with Crippen LogP contribution in [0.15, 0.2) is 24.3 Å². The van der Waals surface area contributed by atoms with Crippen molar-refractivity contribution in [2.75, 3.05) is 4.90 Å². The van der Waals surface area contributed by atoms with Gasteiger partial charge in [-0.15, -0.1) is 0 Å². The number of hydrogen-bond donors (Lipinski definition) is 1. The zero-order valence-corrected chi connectivity index (χ0v) is 10.9. The number of benzene rings is 1. The predicted octanol–water partition coefficient (Wildman–Crippen LogP) is 1.95. The van der Waals surface area contributed by atoms with E-state index in [0.29, 0.717) is 17.1 Å². The molecule has 0 atom stereocenters. The van der Waals surface area contributed by atoms with Gasteiger partial charge in [0.2, 0.25) is 0 Å². The molecule has 0 unspecified atom stereocenters. The molecule has 0 amide bonds. The van der Waals surface area contributed by atoms with Crippen LogP contribution in [0.3, 0.4) is 0 Å². The number of carboxylic acid groups (broad SMARTS) is 1.